The van der Waals surface area contributed by atoms with E-state index in [1.165, 1.54) is 27.7 Å². The predicted octanol–water partition coefficient (Wildman–Crippen LogP) is 3.65. The van der Waals surface area contributed by atoms with Gasteiger partial charge in [-0.15, -0.1) is 0 Å². The molecule has 2 aromatic heterocycles. The molecule has 0 bridgehead atoms. The highest BCUT2D eigenvalue weighted by atomic mass is 16.5. The van der Waals surface area contributed by atoms with E-state index in [2.05, 4.69) is 70.9 Å². The lowest BCUT2D eigenvalue weighted by Crippen LogP contribution is -2.27. The molecule has 2 heterocycles. The standard InChI is InChI=1S/C20H28N4O/c1-5-24-16(3)19(15(2)22-24)14-23(10-11-25-4)13-17-12-21-20-9-7-6-8-18(17)20/h6-9,12,21H,5,10-11,13-14H2,1-4H3. The number of aryl methyl sites for hydroxylation is 2. The Balaban J connectivity index is 1.84. The molecule has 134 valence electrons. The van der Waals surface area contributed by atoms with Gasteiger partial charge in [-0.2, -0.15) is 5.10 Å². The van der Waals surface area contributed by atoms with Crippen molar-refractivity contribution in [1.29, 1.82) is 0 Å². The van der Waals surface area contributed by atoms with Gasteiger partial charge in [0.2, 0.25) is 0 Å². The maximum absolute atomic E-state index is 5.33. The van der Waals surface area contributed by atoms with Crippen molar-refractivity contribution in [3.8, 4) is 0 Å². The molecule has 1 aromatic carbocycles. The minimum atomic E-state index is 0.725. The second kappa shape index (κ2) is 7.85. The van der Waals surface area contributed by atoms with Crippen LogP contribution >= 0.6 is 0 Å². The topological polar surface area (TPSA) is 46.1 Å². The zero-order valence-electron chi connectivity index (χ0n) is 15.7. The number of hydrogen-bond donors (Lipinski definition) is 1. The van der Waals surface area contributed by atoms with E-state index in [-0.39, 0.29) is 0 Å². The number of nitrogens with one attached hydrogen (secondary N) is 1. The molecule has 0 fully saturated rings. The van der Waals surface area contributed by atoms with Crippen LogP contribution in [0.25, 0.3) is 10.9 Å². The molecular weight excluding hydrogens is 312 g/mol. The van der Waals surface area contributed by atoms with Crippen LogP contribution in [-0.4, -0.2) is 39.9 Å². The fourth-order valence-corrected chi connectivity index (χ4v) is 3.43. The molecule has 0 radical (unpaired) electrons. The zero-order chi connectivity index (χ0) is 17.8. The van der Waals surface area contributed by atoms with E-state index in [0.717, 1.165) is 38.5 Å². The van der Waals surface area contributed by atoms with Crippen molar-refractivity contribution in [1.82, 2.24) is 19.7 Å². The van der Waals surface area contributed by atoms with Gasteiger partial charge in [0.15, 0.2) is 0 Å². The highest BCUT2D eigenvalue weighted by Gasteiger charge is 2.16. The van der Waals surface area contributed by atoms with E-state index in [1.54, 1.807) is 7.11 Å². The number of aromatic nitrogens is 3. The summed E-state index contributed by atoms with van der Waals surface area (Å²) in [6, 6.07) is 8.47. The van der Waals surface area contributed by atoms with Crippen LogP contribution in [0.3, 0.4) is 0 Å². The van der Waals surface area contributed by atoms with Crippen molar-refractivity contribution in [2.24, 2.45) is 0 Å². The van der Waals surface area contributed by atoms with Crippen molar-refractivity contribution in [2.75, 3.05) is 20.3 Å². The molecule has 0 unspecified atom stereocenters. The zero-order valence-corrected chi connectivity index (χ0v) is 15.7. The Hall–Kier alpha value is -2.11. The van der Waals surface area contributed by atoms with Crippen LogP contribution in [0.1, 0.15) is 29.4 Å². The molecule has 0 saturated carbocycles. The Bertz CT molecular complexity index is 833. The first-order valence-corrected chi connectivity index (χ1v) is 8.93. The summed E-state index contributed by atoms with van der Waals surface area (Å²) >= 11 is 0. The Morgan fingerprint density at radius 3 is 2.72 bits per heavy atom. The number of ether oxygens (including phenoxy) is 1. The van der Waals surface area contributed by atoms with Crippen molar-refractivity contribution in [3.63, 3.8) is 0 Å². The number of aromatic amines is 1. The number of methoxy groups -OCH3 is 1. The fraction of sp³-hybridized carbons (Fsp3) is 0.450. The predicted molar refractivity (Wildman–Crippen MR) is 102 cm³/mol. The molecule has 0 spiro atoms. The molecule has 3 aromatic rings. The summed E-state index contributed by atoms with van der Waals surface area (Å²) in [5.41, 5.74) is 6.24. The normalized spacial score (nSPS) is 11.7. The first-order chi connectivity index (χ1) is 12.1. The smallest absolute Gasteiger partial charge is 0.0641 e. The van der Waals surface area contributed by atoms with Gasteiger partial charge in [0, 0.05) is 61.6 Å². The third kappa shape index (κ3) is 3.78. The van der Waals surface area contributed by atoms with Crippen LogP contribution in [0.15, 0.2) is 30.5 Å². The van der Waals surface area contributed by atoms with Crippen molar-refractivity contribution < 1.29 is 4.74 Å². The van der Waals surface area contributed by atoms with E-state index in [4.69, 9.17) is 4.74 Å². The molecular formula is C20H28N4O. The number of para-hydroxylation sites is 1. The maximum atomic E-state index is 5.33. The summed E-state index contributed by atoms with van der Waals surface area (Å²) in [5, 5.41) is 5.96. The molecule has 0 atom stereocenters. The molecule has 0 amide bonds. The molecule has 5 nitrogen and oxygen atoms in total. The number of hydrogen-bond acceptors (Lipinski definition) is 3. The van der Waals surface area contributed by atoms with Crippen molar-refractivity contribution in [2.45, 2.75) is 40.4 Å². The largest absolute Gasteiger partial charge is 0.383 e. The van der Waals surface area contributed by atoms with E-state index in [0.29, 0.717) is 0 Å². The van der Waals surface area contributed by atoms with Gasteiger partial charge in [-0.1, -0.05) is 18.2 Å². The fourth-order valence-electron chi connectivity index (χ4n) is 3.43. The molecule has 5 heteroatoms. The average Bonchev–Trinajstić information content (AvgIpc) is 3.15. The van der Waals surface area contributed by atoms with Gasteiger partial charge in [-0.05, 0) is 32.4 Å². The molecule has 3 rings (SSSR count). The molecule has 0 aliphatic carbocycles. The number of nitrogens with zero attached hydrogens (tertiary/aromatic N) is 3. The molecule has 1 N–H and O–H groups in total. The Morgan fingerprint density at radius 2 is 2.00 bits per heavy atom. The summed E-state index contributed by atoms with van der Waals surface area (Å²) in [4.78, 5) is 5.82. The Labute approximate surface area is 149 Å². The SMILES string of the molecule is CCn1nc(C)c(CN(CCOC)Cc2c[nH]c3ccccc23)c1C. The molecule has 0 aliphatic rings. The monoisotopic (exact) mass is 340 g/mol. The number of rotatable bonds is 8. The molecule has 0 saturated heterocycles. The summed E-state index contributed by atoms with van der Waals surface area (Å²) in [5.74, 6) is 0. The second-order valence-corrected chi connectivity index (χ2v) is 6.53. The highest BCUT2D eigenvalue weighted by Crippen LogP contribution is 2.22. The average molecular weight is 340 g/mol. The Morgan fingerprint density at radius 1 is 1.20 bits per heavy atom. The summed E-state index contributed by atoms with van der Waals surface area (Å²) in [7, 11) is 1.76. The van der Waals surface area contributed by atoms with Gasteiger partial charge < -0.3 is 9.72 Å². The molecule has 25 heavy (non-hydrogen) atoms. The summed E-state index contributed by atoms with van der Waals surface area (Å²) < 4.78 is 7.42. The van der Waals surface area contributed by atoms with E-state index >= 15 is 0 Å². The van der Waals surface area contributed by atoms with Gasteiger partial charge in [-0.25, -0.2) is 0 Å². The lowest BCUT2D eigenvalue weighted by molar-refractivity contribution is 0.140. The van der Waals surface area contributed by atoms with Crippen LogP contribution < -0.4 is 0 Å². The van der Waals surface area contributed by atoms with Crippen LogP contribution in [0.5, 0.6) is 0 Å². The highest BCUT2D eigenvalue weighted by molar-refractivity contribution is 5.82. The van der Waals surface area contributed by atoms with Gasteiger partial charge in [0.05, 0.1) is 12.3 Å². The minimum absolute atomic E-state index is 0.725. The third-order valence-electron chi connectivity index (χ3n) is 4.89. The van der Waals surface area contributed by atoms with Crippen LogP contribution in [0.4, 0.5) is 0 Å². The van der Waals surface area contributed by atoms with Crippen molar-refractivity contribution >= 4 is 10.9 Å². The maximum Gasteiger partial charge on any atom is 0.0641 e. The lowest BCUT2D eigenvalue weighted by Gasteiger charge is -2.22. The van der Waals surface area contributed by atoms with Gasteiger partial charge in [-0.3, -0.25) is 9.58 Å². The van der Waals surface area contributed by atoms with Crippen molar-refractivity contribution in [3.05, 3.63) is 53.0 Å². The lowest BCUT2D eigenvalue weighted by atomic mass is 10.1. The first kappa shape index (κ1) is 17.7. The second-order valence-electron chi connectivity index (χ2n) is 6.53. The van der Waals surface area contributed by atoms with Crippen LogP contribution in [-0.2, 0) is 24.4 Å². The van der Waals surface area contributed by atoms with Gasteiger partial charge in [0.1, 0.15) is 0 Å². The number of fused-ring (bicyclic) bond motifs is 1. The third-order valence-corrected chi connectivity index (χ3v) is 4.89. The van der Waals surface area contributed by atoms with Crippen LogP contribution in [0, 0.1) is 13.8 Å². The Kier molecular flexibility index (Phi) is 5.56. The van der Waals surface area contributed by atoms with Gasteiger partial charge >= 0.3 is 0 Å². The summed E-state index contributed by atoms with van der Waals surface area (Å²) in [6.45, 7) is 10.7. The van der Waals surface area contributed by atoms with Gasteiger partial charge in [0.25, 0.3) is 0 Å². The van der Waals surface area contributed by atoms with E-state index in [9.17, 15) is 0 Å². The quantitative estimate of drug-likeness (QED) is 0.681. The minimum Gasteiger partial charge on any atom is -0.383 e. The number of H-pyrrole nitrogens is 1. The van der Waals surface area contributed by atoms with Crippen LogP contribution in [0.2, 0.25) is 0 Å². The molecule has 0 aliphatic heterocycles. The number of benzene rings is 1. The van der Waals surface area contributed by atoms with E-state index in [1.807, 2.05) is 0 Å². The summed E-state index contributed by atoms with van der Waals surface area (Å²) in [6.07, 6.45) is 2.12. The van der Waals surface area contributed by atoms with E-state index < -0.39 is 0 Å². The first-order valence-electron chi connectivity index (χ1n) is 8.93.